The second-order valence-electron chi connectivity index (χ2n) is 5.84. The Morgan fingerprint density at radius 1 is 1.35 bits per heavy atom. The summed E-state index contributed by atoms with van der Waals surface area (Å²) in [5, 5.41) is 0. The van der Waals surface area contributed by atoms with Crippen molar-refractivity contribution in [1.29, 1.82) is 0 Å². The first kappa shape index (κ1) is 14.6. The third-order valence-electron chi connectivity index (χ3n) is 4.62. The monoisotopic (exact) mass is 400 g/mol. The Bertz CT molecular complexity index is 652. The van der Waals surface area contributed by atoms with Crippen LogP contribution in [0.1, 0.15) is 51.5 Å². The molecule has 1 saturated carbocycles. The lowest BCUT2D eigenvalue weighted by molar-refractivity contribution is 0.245. The van der Waals surface area contributed by atoms with Gasteiger partial charge in [-0.1, -0.05) is 26.2 Å². The summed E-state index contributed by atoms with van der Waals surface area (Å²) >= 11 is 7.97. The molecule has 3 rings (SSSR count). The van der Waals surface area contributed by atoms with Crippen LogP contribution in [0, 0.1) is 14.3 Å². The first-order chi connectivity index (χ1) is 9.70. The predicted molar refractivity (Wildman–Crippen MR) is 95.7 cm³/mol. The zero-order valence-corrected chi connectivity index (χ0v) is 14.8. The van der Waals surface area contributed by atoms with Gasteiger partial charge in [-0.3, -0.25) is 0 Å². The summed E-state index contributed by atoms with van der Waals surface area (Å²) in [5.74, 6) is 0.790. The summed E-state index contributed by atoms with van der Waals surface area (Å²) in [7, 11) is 0. The van der Waals surface area contributed by atoms with Crippen molar-refractivity contribution in [3.05, 3.63) is 26.5 Å². The molecule has 0 saturated heterocycles. The van der Waals surface area contributed by atoms with E-state index in [9.17, 15) is 0 Å². The third kappa shape index (κ3) is 2.69. The average molecular weight is 400 g/mol. The van der Waals surface area contributed by atoms with E-state index >= 15 is 0 Å². The van der Waals surface area contributed by atoms with Gasteiger partial charge in [-0.15, -0.1) is 0 Å². The van der Waals surface area contributed by atoms with E-state index in [1.54, 1.807) is 0 Å². The van der Waals surface area contributed by atoms with Gasteiger partial charge in [-0.25, -0.2) is 0 Å². The minimum atomic E-state index is 0.552. The van der Waals surface area contributed by atoms with Crippen LogP contribution in [0.2, 0.25) is 0 Å². The first-order valence-corrected chi connectivity index (χ1v) is 9.09. The molecule has 1 unspecified atom stereocenters. The molecule has 2 nitrogen and oxygen atoms in total. The maximum atomic E-state index is 5.61. The summed E-state index contributed by atoms with van der Waals surface area (Å²) in [6, 6.07) is 7.14. The van der Waals surface area contributed by atoms with Crippen molar-refractivity contribution in [2.45, 2.75) is 51.5 Å². The Morgan fingerprint density at radius 3 is 2.80 bits per heavy atom. The highest BCUT2D eigenvalue weighted by Gasteiger charge is 2.25. The van der Waals surface area contributed by atoms with Gasteiger partial charge in [0.25, 0.3) is 0 Å². The van der Waals surface area contributed by atoms with Crippen molar-refractivity contribution in [2.24, 2.45) is 5.92 Å². The van der Waals surface area contributed by atoms with E-state index in [1.165, 1.54) is 46.7 Å². The van der Waals surface area contributed by atoms with E-state index < -0.39 is 0 Å². The minimum absolute atomic E-state index is 0.552. The first-order valence-electron chi connectivity index (χ1n) is 7.60. The lowest BCUT2D eigenvalue weighted by Gasteiger charge is -2.31. The summed E-state index contributed by atoms with van der Waals surface area (Å²) in [4.78, 5) is 3.39. The molecule has 2 aromatic rings. The van der Waals surface area contributed by atoms with Crippen LogP contribution in [0.25, 0.3) is 11.0 Å². The Balaban J connectivity index is 2.06. The van der Waals surface area contributed by atoms with Crippen molar-refractivity contribution in [3.8, 4) is 0 Å². The summed E-state index contributed by atoms with van der Waals surface area (Å²) < 4.78 is 4.53. The fourth-order valence-electron chi connectivity index (χ4n) is 3.68. The highest BCUT2D eigenvalue weighted by Crippen LogP contribution is 2.36. The lowest BCUT2D eigenvalue weighted by atomic mass is 9.83. The van der Waals surface area contributed by atoms with E-state index in [0.29, 0.717) is 6.04 Å². The SMILES string of the molecule is CCC(C1CCCCC1)n1c(=S)[nH]c2cc(I)ccc21. The standard InChI is InChI=1S/C16H21IN2S/c1-2-14(11-6-4-3-5-7-11)19-15-9-8-12(17)10-13(15)18-16(19)20/h8-11,14H,2-7H2,1H3,(H,18,20). The topological polar surface area (TPSA) is 20.7 Å². The zero-order chi connectivity index (χ0) is 14.1. The van der Waals surface area contributed by atoms with Gasteiger partial charge in [-0.2, -0.15) is 0 Å². The van der Waals surface area contributed by atoms with Crippen molar-refractivity contribution in [3.63, 3.8) is 0 Å². The van der Waals surface area contributed by atoms with Crippen LogP contribution in [0.5, 0.6) is 0 Å². The molecular formula is C16H21IN2S. The van der Waals surface area contributed by atoms with Crippen molar-refractivity contribution in [1.82, 2.24) is 9.55 Å². The molecule has 1 atom stereocenters. The average Bonchev–Trinajstić information content (AvgIpc) is 2.77. The number of rotatable bonds is 3. The molecule has 1 aliphatic carbocycles. The van der Waals surface area contributed by atoms with Crippen molar-refractivity contribution < 1.29 is 0 Å². The molecule has 0 spiro atoms. The lowest BCUT2D eigenvalue weighted by Crippen LogP contribution is -2.21. The summed E-state index contributed by atoms with van der Waals surface area (Å²) in [6.45, 7) is 2.30. The van der Waals surface area contributed by atoms with Gasteiger partial charge in [0.05, 0.1) is 11.0 Å². The number of imidazole rings is 1. The number of aromatic amines is 1. The Labute approximate surface area is 139 Å². The molecule has 1 fully saturated rings. The zero-order valence-electron chi connectivity index (χ0n) is 11.9. The highest BCUT2D eigenvalue weighted by molar-refractivity contribution is 14.1. The van der Waals surface area contributed by atoms with Crippen LogP contribution in [-0.4, -0.2) is 9.55 Å². The van der Waals surface area contributed by atoms with Gasteiger partial charge < -0.3 is 9.55 Å². The summed E-state index contributed by atoms with van der Waals surface area (Å²) in [5.41, 5.74) is 2.45. The van der Waals surface area contributed by atoms with Crippen LogP contribution < -0.4 is 0 Å². The molecule has 0 bridgehead atoms. The molecule has 4 heteroatoms. The number of halogens is 1. The third-order valence-corrected chi connectivity index (χ3v) is 5.59. The molecule has 1 heterocycles. The van der Waals surface area contributed by atoms with Crippen LogP contribution in [0.4, 0.5) is 0 Å². The number of hydrogen-bond donors (Lipinski definition) is 1. The van der Waals surface area contributed by atoms with Crippen LogP contribution >= 0.6 is 34.8 Å². The van der Waals surface area contributed by atoms with Crippen LogP contribution in [0.15, 0.2) is 18.2 Å². The molecule has 108 valence electrons. The fourth-order valence-corrected chi connectivity index (χ4v) is 4.51. The quantitative estimate of drug-likeness (QED) is 0.508. The number of H-pyrrole nitrogens is 1. The maximum absolute atomic E-state index is 5.61. The van der Waals surface area contributed by atoms with Gasteiger partial charge in [0.15, 0.2) is 4.77 Å². The summed E-state index contributed by atoms with van der Waals surface area (Å²) in [6.07, 6.45) is 8.06. The normalized spacial score (nSPS) is 18.5. The van der Waals surface area contributed by atoms with E-state index in [4.69, 9.17) is 12.2 Å². The molecular weight excluding hydrogens is 379 g/mol. The van der Waals surface area contributed by atoms with E-state index in [2.05, 4.69) is 57.3 Å². The number of fused-ring (bicyclic) bond motifs is 1. The van der Waals surface area contributed by atoms with Gasteiger partial charge >= 0.3 is 0 Å². The number of hydrogen-bond acceptors (Lipinski definition) is 1. The maximum Gasteiger partial charge on any atom is 0.178 e. The Hall–Kier alpha value is -0.360. The number of nitrogens with one attached hydrogen (secondary N) is 1. The molecule has 1 aromatic carbocycles. The number of benzene rings is 1. The van der Waals surface area contributed by atoms with Crippen molar-refractivity contribution in [2.75, 3.05) is 0 Å². The molecule has 0 aliphatic heterocycles. The minimum Gasteiger partial charge on any atom is -0.331 e. The van der Waals surface area contributed by atoms with Gasteiger partial charge in [0, 0.05) is 9.61 Å². The van der Waals surface area contributed by atoms with Gasteiger partial charge in [0.2, 0.25) is 0 Å². The number of aromatic nitrogens is 2. The van der Waals surface area contributed by atoms with Crippen LogP contribution in [-0.2, 0) is 0 Å². The molecule has 0 amide bonds. The molecule has 20 heavy (non-hydrogen) atoms. The van der Waals surface area contributed by atoms with E-state index in [1.807, 2.05) is 0 Å². The Morgan fingerprint density at radius 2 is 2.10 bits per heavy atom. The molecule has 1 N–H and O–H groups in total. The Kier molecular flexibility index (Phi) is 4.50. The molecule has 1 aliphatic rings. The van der Waals surface area contributed by atoms with E-state index in [-0.39, 0.29) is 0 Å². The number of nitrogens with zero attached hydrogens (tertiary/aromatic N) is 1. The second kappa shape index (κ2) is 6.18. The largest absolute Gasteiger partial charge is 0.331 e. The van der Waals surface area contributed by atoms with E-state index in [0.717, 1.165) is 17.1 Å². The highest BCUT2D eigenvalue weighted by atomic mass is 127. The molecule has 0 radical (unpaired) electrons. The second-order valence-corrected chi connectivity index (χ2v) is 7.47. The van der Waals surface area contributed by atoms with Crippen molar-refractivity contribution >= 4 is 45.8 Å². The van der Waals surface area contributed by atoms with Gasteiger partial charge in [-0.05, 0) is 78.2 Å². The van der Waals surface area contributed by atoms with Crippen LogP contribution in [0.3, 0.4) is 0 Å². The predicted octanol–water partition coefficient (Wildman–Crippen LogP) is 5.83. The molecule has 1 aromatic heterocycles. The van der Waals surface area contributed by atoms with Gasteiger partial charge in [0.1, 0.15) is 0 Å². The smallest absolute Gasteiger partial charge is 0.178 e. The fraction of sp³-hybridized carbons (Fsp3) is 0.562.